The van der Waals surface area contributed by atoms with E-state index in [0.717, 1.165) is 24.9 Å². The molecule has 2 nitrogen and oxygen atoms in total. The van der Waals surface area contributed by atoms with Crippen LogP contribution in [-0.2, 0) is 13.0 Å². The number of benzene rings is 1. The lowest BCUT2D eigenvalue weighted by Gasteiger charge is -2.28. The van der Waals surface area contributed by atoms with E-state index in [2.05, 4.69) is 16.5 Å². The summed E-state index contributed by atoms with van der Waals surface area (Å²) in [6, 6.07) is 3.54. The summed E-state index contributed by atoms with van der Waals surface area (Å²) in [4.78, 5) is 4.16. The largest absolute Gasteiger partial charge is 0.335 e. The highest BCUT2D eigenvalue weighted by Gasteiger charge is 2.39. The normalized spacial score (nSPS) is 24.3. The minimum absolute atomic E-state index is 0.131. The first kappa shape index (κ1) is 17.8. The first-order valence-electron chi connectivity index (χ1n) is 7.38. The molecule has 0 bridgehead atoms. The third kappa shape index (κ3) is 4.35. The highest BCUT2D eigenvalue weighted by Crippen LogP contribution is 2.52. The molecule has 1 aliphatic rings. The summed E-state index contributed by atoms with van der Waals surface area (Å²) in [5, 5.41) is 2.54. The molecule has 2 heterocycles. The number of hydrogen-bond acceptors (Lipinski definition) is 3. The number of nitrogens with zero attached hydrogens (tertiary/aromatic N) is 2. The summed E-state index contributed by atoms with van der Waals surface area (Å²) in [6.45, 7) is 3.23. The molecule has 3 rings (SSSR count). The van der Waals surface area contributed by atoms with E-state index >= 15 is 0 Å². The van der Waals surface area contributed by atoms with Gasteiger partial charge in [-0.1, -0.05) is 41.7 Å². The molecule has 0 radical (unpaired) electrons. The number of thioether (sulfide) groups is 2. The maximum Gasteiger partial charge on any atom is 0.0946 e. The van der Waals surface area contributed by atoms with Crippen LogP contribution in [0.4, 0.5) is 0 Å². The van der Waals surface area contributed by atoms with E-state index in [1.165, 1.54) is 5.75 Å². The van der Waals surface area contributed by atoms with Crippen molar-refractivity contribution in [2.45, 2.75) is 35.6 Å². The molecule has 7 heteroatoms. The van der Waals surface area contributed by atoms with Gasteiger partial charge in [0.05, 0.1) is 10.4 Å². The minimum Gasteiger partial charge on any atom is -0.335 e. The third-order valence-electron chi connectivity index (χ3n) is 3.84. The second-order valence-electron chi connectivity index (χ2n) is 5.73. The topological polar surface area (TPSA) is 17.8 Å². The van der Waals surface area contributed by atoms with Crippen molar-refractivity contribution in [2.24, 2.45) is 0 Å². The highest BCUT2D eigenvalue weighted by atomic mass is 35.5. The Morgan fingerprint density at radius 3 is 2.61 bits per heavy atom. The molecule has 2 unspecified atom stereocenters. The number of aromatic nitrogens is 2. The van der Waals surface area contributed by atoms with E-state index in [-0.39, 0.29) is 4.08 Å². The van der Waals surface area contributed by atoms with Crippen LogP contribution in [0.5, 0.6) is 0 Å². The lowest BCUT2D eigenvalue weighted by atomic mass is 10.1. The molecule has 1 aromatic carbocycles. The van der Waals surface area contributed by atoms with E-state index < -0.39 is 0 Å². The smallest absolute Gasteiger partial charge is 0.0946 e. The van der Waals surface area contributed by atoms with Gasteiger partial charge < -0.3 is 4.57 Å². The Hall–Kier alpha value is -0.000000000000000167. The van der Waals surface area contributed by atoms with Crippen LogP contribution < -0.4 is 0 Å². The van der Waals surface area contributed by atoms with Gasteiger partial charge in [-0.05, 0) is 30.5 Å². The minimum atomic E-state index is 0.131. The predicted molar refractivity (Wildman–Crippen MR) is 104 cm³/mol. The zero-order valence-corrected chi connectivity index (χ0v) is 16.5. The fourth-order valence-electron chi connectivity index (χ4n) is 2.78. The van der Waals surface area contributed by atoms with Crippen molar-refractivity contribution >= 4 is 58.3 Å². The summed E-state index contributed by atoms with van der Waals surface area (Å²) in [5.41, 5.74) is 0.989. The quantitative estimate of drug-likeness (QED) is 0.601. The fraction of sp³-hybridized carbons (Fsp3) is 0.438. The van der Waals surface area contributed by atoms with Gasteiger partial charge in [-0.15, -0.1) is 23.5 Å². The van der Waals surface area contributed by atoms with Gasteiger partial charge in [0, 0.05) is 45.0 Å². The molecule has 1 saturated heterocycles. The van der Waals surface area contributed by atoms with Crippen molar-refractivity contribution in [2.75, 3.05) is 5.75 Å². The van der Waals surface area contributed by atoms with E-state index in [1.54, 1.807) is 12.1 Å². The van der Waals surface area contributed by atoms with Gasteiger partial charge in [0.25, 0.3) is 0 Å². The summed E-state index contributed by atoms with van der Waals surface area (Å²) in [5.74, 6) is 1.17. The number of halogens is 3. The Bertz CT molecular complexity index is 655. The molecular weight excluding hydrogens is 391 g/mol. The standard InChI is InChI=1S/C16H17Cl3N2S2/c1-11-8-22-16(23-11,9-21-5-4-20-10-21)3-2-13-14(18)6-12(17)7-15(13)19/h4-7,10-11H,2-3,8-9H2,1H3. The third-order valence-corrected chi connectivity index (χ3v) is 8.45. The van der Waals surface area contributed by atoms with Gasteiger partial charge >= 0.3 is 0 Å². The Morgan fingerprint density at radius 1 is 1.30 bits per heavy atom. The van der Waals surface area contributed by atoms with Crippen LogP contribution in [0, 0.1) is 0 Å². The van der Waals surface area contributed by atoms with E-state index in [9.17, 15) is 0 Å². The van der Waals surface area contributed by atoms with Gasteiger partial charge in [0.15, 0.2) is 0 Å². The molecule has 23 heavy (non-hydrogen) atoms. The fourth-order valence-corrected chi connectivity index (χ4v) is 7.44. The maximum atomic E-state index is 6.34. The summed E-state index contributed by atoms with van der Waals surface area (Å²) in [7, 11) is 0. The molecule has 1 fully saturated rings. The first-order chi connectivity index (χ1) is 11.0. The molecule has 2 atom stereocenters. The van der Waals surface area contributed by atoms with Gasteiger partial charge in [0.2, 0.25) is 0 Å². The number of imidazole rings is 1. The predicted octanol–water partition coefficient (Wildman–Crippen LogP) is 6.04. The molecule has 0 N–H and O–H groups in total. The molecule has 2 aromatic rings. The molecular formula is C16H17Cl3N2S2. The van der Waals surface area contributed by atoms with Crippen LogP contribution in [0.25, 0.3) is 0 Å². The van der Waals surface area contributed by atoms with Crippen molar-refractivity contribution in [3.8, 4) is 0 Å². The van der Waals surface area contributed by atoms with Crippen LogP contribution in [-0.4, -0.2) is 24.6 Å². The Balaban J connectivity index is 1.77. The Labute approximate surface area is 160 Å². The second-order valence-corrected chi connectivity index (χ2v) is 10.5. The monoisotopic (exact) mass is 406 g/mol. The van der Waals surface area contributed by atoms with Gasteiger partial charge in [-0.25, -0.2) is 4.98 Å². The Morgan fingerprint density at radius 2 is 2.04 bits per heavy atom. The lowest BCUT2D eigenvalue weighted by Crippen LogP contribution is -2.25. The van der Waals surface area contributed by atoms with Gasteiger partial charge in [-0.2, -0.15) is 0 Å². The van der Waals surface area contributed by atoms with Crippen molar-refractivity contribution < 1.29 is 0 Å². The zero-order chi connectivity index (χ0) is 16.4. The van der Waals surface area contributed by atoms with Gasteiger partial charge in [-0.3, -0.25) is 0 Å². The van der Waals surface area contributed by atoms with Crippen molar-refractivity contribution in [3.05, 3.63) is 51.5 Å². The SMILES string of the molecule is CC1CSC(CCc2c(Cl)cc(Cl)cc2Cl)(Cn2ccnc2)S1. The van der Waals surface area contributed by atoms with Crippen LogP contribution in [0.2, 0.25) is 15.1 Å². The molecule has 0 aliphatic carbocycles. The van der Waals surface area contributed by atoms with Gasteiger partial charge in [0.1, 0.15) is 0 Å². The van der Waals surface area contributed by atoms with Crippen molar-refractivity contribution in [1.29, 1.82) is 0 Å². The number of rotatable bonds is 5. The van der Waals surface area contributed by atoms with Crippen LogP contribution in [0.15, 0.2) is 30.9 Å². The zero-order valence-electron chi connectivity index (χ0n) is 12.6. The van der Waals surface area contributed by atoms with Crippen molar-refractivity contribution in [1.82, 2.24) is 9.55 Å². The molecule has 0 amide bonds. The van der Waals surface area contributed by atoms with Crippen LogP contribution in [0.3, 0.4) is 0 Å². The van der Waals surface area contributed by atoms with E-state index in [4.69, 9.17) is 34.8 Å². The van der Waals surface area contributed by atoms with Crippen LogP contribution in [0.1, 0.15) is 18.9 Å². The number of hydrogen-bond donors (Lipinski definition) is 0. The highest BCUT2D eigenvalue weighted by molar-refractivity contribution is 8.21. The summed E-state index contributed by atoms with van der Waals surface area (Å²) in [6.07, 6.45) is 7.58. The second kappa shape index (κ2) is 7.49. The molecule has 0 saturated carbocycles. The maximum absolute atomic E-state index is 6.34. The summed E-state index contributed by atoms with van der Waals surface area (Å²) < 4.78 is 2.29. The average molecular weight is 408 g/mol. The van der Waals surface area contributed by atoms with E-state index in [0.29, 0.717) is 20.3 Å². The molecule has 0 spiro atoms. The lowest BCUT2D eigenvalue weighted by molar-refractivity contribution is 0.592. The van der Waals surface area contributed by atoms with E-state index in [1.807, 2.05) is 42.2 Å². The van der Waals surface area contributed by atoms with Crippen LogP contribution >= 0.6 is 58.3 Å². The average Bonchev–Trinajstić information content (AvgIpc) is 3.08. The molecule has 1 aromatic heterocycles. The first-order valence-corrected chi connectivity index (χ1v) is 10.4. The molecule has 124 valence electrons. The summed E-state index contributed by atoms with van der Waals surface area (Å²) >= 11 is 22.8. The Kier molecular flexibility index (Phi) is 5.80. The molecule has 1 aliphatic heterocycles. The van der Waals surface area contributed by atoms with Crippen molar-refractivity contribution in [3.63, 3.8) is 0 Å².